The smallest absolute Gasteiger partial charge is 0.545 e. The molecule has 0 spiro atoms. The molecule has 8 rings (SSSR count). The summed E-state index contributed by atoms with van der Waals surface area (Å²) < 4.78 is 35.6. The number of aromatic hydroxyl groups is 1. The van der Waals surface area contributed by atoms with E-state index in [1.807, 2.05) is 13.0 Å². The molecule has 3 aromatic heterocycles. The van der Waals surface area contributed by atoms with Gasteiger partial charge < -0.3 is 63.6 Å². The Labute approximate surface area is 423 Å². The van der Waals surface area contributed by atoms with Gasteiger partial charge in [-0.05, 0) is 110 Å². The van der Waals surface area contributed by atoms with E-state index in [0.29, 0.717) is 56.8 Å². The van der Waals surface area contributed by atoms with Crippen LogP contribution in [0, 0.1) is 6.92 Å². The fourth-order valence-electron chi connectivity index (χ4n) is 6.58. The standard InChI is InChI=1S/C21H19NO5.C19H15NO6.C12H11NO3.Na/c1-13-6-8-15(25-2)12-17(13)20(23)22-18-11-14(19-5-4-10-27-19)7-9-16(18)21(24)26-3;1-25-12-5-7-16(21)14(10-12)18(22)20-15-9-11(17-3-2-8-26-17)4-6-13(15)19(23)24;1-15-12(14)9-5-4-8(7-10(9)13)11-3-2-6-16-11;/h4-12H,1-3H3,(H,22,23);2-10,21H,1H3,(H,20,22)(H,23,24);2-7H,13H2,1H3;/q;;;+1/p-1. The summed E-state index contributed by atoms with van der Waals surface area (Å²) >= 11 is 0. The van der Waals surface area contributed by atoms with E-state index in [2.05, 4.69) is 15.4 Å². The van der Waals surface area contributed by atoms with Gasteiger partial charge in [-0.25, -0.2) is 9.59 Å². The minimum Gasteiger partial charge on any atom is -0.545 e. The minimum atomic E-state index is -1.44. The maximum absolute atomic E-state index is 12.8. The zero-order valence-electron chi connectivity index (χ0n) is 38.7. The molecule has 0 saturated carbocycles. The maximum Gasteiger partial charge on any atom is 1.00 e. The van der Waals surface area contributed by atoms with E-state index in [1.165, 1.54) is 65.0 Å². The van der Waals surface area contributed by atoms with Gasteiger partial charge in [0.2, 0.25) is 0 Å². The molecule has 5 aromatic carbocycles. The molecule has 0 unspecified atom stereocenters. The van der Waals surface area contributed by atoms with E-state index >= 15 is 0 Å². The molecular formula is C52H44N3NaO14. The molecule has 8 aromatic rings. The van der Waals surface area contributed by atoms with Crippen molar-refractivity contribution in [3.8, 4) is 51.2 Å². The van der Waals surface area contributed by atoms with Crippen LogP contribution in [-0.2, 0) is 9.47 Å². The Balaban J connectivity index is 0.000000200. The van der Waals surface area contributed by atoms with Gasteiger partial charge in [-0.15, -0.1) is 0 Å². The predicted molar refractivity (Wildman–Crippen MR) is 252 cm³/mol. The molecule has 5 N–H and O–H groups in total. The van der Waals surface area contributed by atoms with Gasteiger partial charge in [0.05, 0.1) is 81.3 Å². The number of nitrogens with two attached hydrogens (primary N) is 1. The summed E-state index contributed by atoms with van der Waals surface area (Å²) in [6, 6.07) is 34.4. The number of methoxy groups -OCH3 is 4. The average molecular weight is 958 g/mol. The number of carboxylic acid groups (broad SMARTS) is 1. The van der Waals surface area contributed by atoms with Crippen molar-refractivity contribution < 1.29 is 95.9 Å². The predicted octanol–water partition coefficient (Wildman–Crippen LogP) is 5.90. The van der Waals surface area contributed by atoms with E-state index in [4.69, 9.17) is 33.2 Å². The Morgan fingerprint density at radius 1 is 0.529 bits per heavy atom. The van der Waals surface area contributed by atoms with Gasteiger partial charge in [0, 0.05) is 33.5 Å². The first-order valence-corrected chi connectivity index (χ1v) is 20.6. The molecule has 0 aliphatic carbocycles. The van der Waals surface area contributed by atoms with Crippen molar-refractivity contribution in [3.63, 3.8) is 0 Å². The Morgan fingerprint density at radius 2 is 0.957 bits per heavy atom. The molecule has 2 amide bonds. The summed E-state index contributed by atoms with van der Waals surface area (Å²) in [6.45, 7) is 1.83. The number of aryl methyl sites for hydroxylation is 1. The van der Waals surface area contributed by atoms with Crippen LogP contribution in [0.4, 0.5) is 17.1 Å². The van der Waals surface area contributed by atoms with Crippen LogP contribution in [0.3, 0.4) is 0 Å². The third kappa shape index (κ3) is 12.9. The van der Waals surface area contributed by atoms with E-state index in [1.54, 1.807) is 104 Å². The second-order valence-corrected chi connectivity index (χ2v) is 14.5. The molecule has 0 aliphatic rings. The number of aromatic carboxylic acids is 1. The Kier molecular flexibility index (Phi) is 18.4. The molecule has 352 valence electrons. The molecular weight excluding hydrogens is 914 g/mol. The second kappa shape index (κ2) is 24.5. The quantitative estimate of drug-likeness (QED) is 0.0632. The van der Waals surface area contributed by atoms with E-state index < -0.39 is 23.8 Å². The van der Waals surface area contributed by atoms with E-state index in [-0.39, 0.29) is 63.6 Å². The number of phenolic OH excluding ortho intramolecular Hbond substituents is 1. The summed E-state index contributed by atoms with van der Waals surface area (Å²) in [5, 5.41) is 26.5. The molecule has 0 aliphatic heterocycles. The molecule has 0 saturated heterocycles. The number of esters is 2. The zero-order valence-corrected chi connectivity index (χ0v) is 40.7. The zero-order chi connectivity index (χ0) is 49.6. The van der Waals surface area contributed by atoms with Crippen LogP contribution in [-0.4, -0.2) is 63.3 Å². The fraction of sp³-hybridized carbons (Fsp3) is 0.0962. The SMILES string of the molecule is COC(=O)c1ccc(-c2ccco2)cc1N.COC(=O)c1ccc(-c2ccco2)cc1NC(=O)c1cc(OC)ccc1C.COc1ccc(O)c(C(=O)Nc2cc(-c3ccco3)ccc2C(=O)[O-])c1.[Na+]. The van der Waals surface area contributed by atoms with Crippen LogP contribution in [0.2, 0.25) is 0 Å². The number of carboxylic acids is 1. The normalized spacial score (nSPS) is 10.1. The summed E-state index contributed by atoms with van der Waals surface area (Å²) in [4.78, 5) is 60.1. The molecule has 3 heterocycles. The van der Waals surface area contributed by atoms with Crippen molar-refractivity contribution >= 4 is 46.8 Å². The maximum atomic E-state index is 12.8. The van der Waals surface area contributed by atoms with Crippen molar-refractivity contribution in [1.82, 2.24) is 0 Å². The molecule has 0 bridgehead atoms. The van der Waals surface area contributed by atoms with Gasteiger partial charge in [-0.1, -0.05) is 30.3 Å². The van der Waals surface area contributed by atoms with Crippen molar-refractivity contribution in [2.75, 3.05) is 44.8 Å². The monoisotopic (exact) mass is 957 g/mol. The van der Waals surface area contributed by atoms with Crippen molar-refractivity contribution in [2.45, 2.75) is 6.92 Å². The average Bonchev–Trinajstić information content (AvgIpc) is 4.20. The number of benzene rings is 5. The van der Waals surface area contributed by atoms with Gasteiger partial charge in [-0.2, -0.15) is 0 Å². The van der Waals surface area contributed by atoms with E-state index in [0.717, 1.165) is 16.7 Å². The van der Waals surface area contributed by atoms with Crippen LogP contribution < -0.4 is 60.5 Å². The second-order valence-electron chi connectivity index (χ2n) is 14.5. The summed E-state index contributed by atoms with van der Waals surface area (Å²) in [6.07, 6.45) is 4.62. The Hall–Kier alpha value is -8.51. The molecule has 0 fully saturated rings. The van der Waals surface area contributed by atoms with Crippen LogP contribution in [0.25, 0.3) is 34.0 Å². The number of hydrogen-bond donors (Lipinski definition) is 4. The number of rotatable bonds is 12. The third-order valence-electron chi connectivity index (χ3n) is 10.2. The largest absolute Gasteiger partial charge is 1.00 e. The first-order chi connectivity index (χ1) is 33.2. The number of ether oxygens (including phenoxy) is 4. The Bertz CT molecular complexity index is 3090. The first kappa shape index (κ1) is 52.5. The topological polar surface area (TPSA) is 255 Å². The number of anilines is 3. The molecule has 70 heavy (non-hydrogen) atoms. The summed E-state index contributed by atoms with van der Waals surface area (Å²) in [7, 11) is 5.58. The minimum absolute atomic E-state index is 0. The summed E-state index contributed by atoms with van der Waals surface area (Å²) in [5.74, 6) is -0.949. The number of carbonyl (C=O) groups excluding carboxylic acids is 5. The van der Waals surface area contributed by atoms with Crippen LogP contribution in [0.5, 0.6) is 17.2 Å². The molecule has 18 heteroatoms. The molecule has 17 nitrogen and oxygen atoms in total. The van der Waals surface area contributed by atoms with Gasteiger partial charge in [-0.3, -0.25) is 9.59 Å². The third-order valence-corrected chi connectivity index (χ3v) is 10.2. The van der Waals surface area contributed by atoms with Gasteiger partial charge in [0.1, 0.15) is 34.5 Å². The fourth-order valence-corrected chi connectivity index (χ4v) is 6.58. The number of furan rings is 3. The Morgan fingerprint density at radius 3 is 1.41 bits per heavy atom. The molecule has 0 radical (unpaired) electrons. The van der Waals surface area contributed by atoms with Crippen LogP contribution in [0.15, 0.2) is 159 Å². The molecule has 0 atom stereocenters. The number of nitrogen functional groups attached to an aromatic ring is 1. The van der Waals surface area contributed by atoms with Gasteiger partial charge in [0.15, 0.2) is 0 Å². The summed E-state index contributed by atoms with van der Waals surface area (Å²) in [5.41, 5.74) is 10.2. The number of amides is 2. The van der Waals surface area contributed by atoms with Gasteiger partial charge >= 0.3 is 41.5 Å². The number of carbonyl (C=O) groups is 5. The van der Waals surface area contributed by atoms with Crippen LogP contribution in [0.1, 0.15) is 57.4 Å². The van der Waals surface area contributed by atoms with Gasteiger partial charge in [0.25, 0.3) is 11.8 Å². The van der Waals surface area contributed by atoms with Crippen molar-refractivity contribution in [1.29, 1.82) is 0 Å². The van der Waals surface area contributed by atoms with Crippen molar-refractivity contribution in [3.05, 3.63) is 180 Å². The van der Waals surface area contributed by atoms with Crippen LogP contribution >= 0.6 is 0 Å². The number of nitrogens with one attached hydrogen (secondary N) is 2. The number of hydrogen-bond acceptors (Lipinski definition) is 15. The van der Waals surface area contributed by atoms with Crippen molar-refractivity contribution in [2.24, 2.45) is 0 Å². The van der Waals surface area contributed by atoms with E-state index in [9.17, 15) is 34.2 Å². The first-order valence-electron chi connectivity index (χ1n) is 20.6. The number of phenols is 1.